The van der Waals surface area contributed by atoms with Gasteiger partial charge < -0.3 is 10.5 Å². The summed E-state index contributed by atoms with van der Waals surface area (Å²) in [7, 11) is 0. The summed E-state index contributed by atoms with van der Waals surface area (Å²) in [6.45, 7) is 4.33. The molecule has 0 amide bonds. The lowest BCUT2D eigenvalue weighted by Gasteiger charge is -2.17. The largest absolute Gasteiger partial charge is 0.489 e. The van der Waals surface area contributed by atoms with Crippen LogP contribution in [0.25, 0.3) is 0 Å². The van der Waals surface area contributed by atoms with Gasteiger partial charge in [0.2, 0.25) is 0 Å². The molecule has 0 saturated carbocycles. The van der Waals surface area contributed by atoms with Gasteiger partial charge in [-0.05, 0) is 41.8 Å². The number of likely N-dealkylation sites (tertiary alicyclic amines) is 1. The van der Waals surface area contributed by atoms with Gasteiger partial charge in [-0.15, -0.1) is 24.8 Å². The maximum Gasteiger partial charge on any atom is 0.119 e. The molecule has 2 heterocycles. The zero-order valence-corrected chi connectivity index (χ0v) is 18.5. The number of hydrogen-bond acceptors (Lipinski definition) is 4. The highest BCUT2D eigenvalue weighted by Gasteiger charge is 2.32. The van der Waals surface area contributed by atoms with E-state index in [-0.39, 0.29) is 24.8 Å². The van der Waals surface area contributed by atoms with Crippen molar-refractivity contribution in [3.8, 4) is 5.75 Å². The number of ether oxygens (including phenoxy) is 1. The van der Waals surface area contributed by atoms with E-state index < -0.39 is 0 Å². The van der Waals surface area contributed by atoms with E-state index in [1.165, 1.54) is 11.1 Å². The summed E-state index contributed by atoms with van der Waals surface area (Å²) in [6, 6.07) is 23.1. The summed E-state index contributed by atoms with van der Waals surface area (Å²) in [6.07, 6.45) is 3.60. The third kappa shape index (κ3) is 6.19. The number of halogens is 2. The van der Waals surface area contributed by atoms with Crippen molar-refractivity contribution in [2.24, 2.45) is 11.7 Å². The van der Waals surface area contributed by atoms with E-state index in [1.807, 2.05) is 18.3 Å². The number of rotatable bonds is 7. The predicted molar refractivity (Wildman–Crippen MR) is 127 cm³/mol. The molecule has 1 aliphatic rings. The van der Waals surface area contributed by atoms with Gasteiger partial charge in [-0.2, -0.15) is 0 Å². The first-order valence-corrected chi connectivity index (χ1v) is 9.90. The summed E-state index contributed by atoms with van der Waals surface area (Å²) in [4.78, 5) is 6.63. The lowest BCUT2D eigenvalue weighted by atomic mass is 9.89. The molecular weight excluding hydrogens is 417 g/mol. The summed E-state index contributed by atoms with van der Waals surface area (Å²) < 4.78 is 5.86. The highest BCUT2D eigenvalue weighted by atomic mass is 35.5. The Hall–Kier alpha value is -2.11. The second-order valence-corrected chi connectivity index (χ2v) is 7.50. The molecule has 0 unspecified atom stereocenters. The molecule has 4 nitrogen and oxygen atoms in total. The van der Waals surface area contributed by atoms with Gasteiger partial charge in [0.1, 0.15) is 12.4 Å². The van der Waals surface area contributed by atoms with E-state index in [2.05, 4.69) is 64.5 Å². The van der Waals surface area contributed by atoms with E-state index in [4.69, 9.17) is 10.5 Å². The van der Waals surface area contributed by atoms with Crippen LogP contribution in [0.2, 0.25) is 0 Å². The number of nitrogens with zero attached hydrogens (tertiary/aromatic N) is 2. The van der Waals surface area contributed by atoms with Gasteiger partial charge in [0.25, 0.3) is 0 Å². The fraction of sp³-hybridized carbons (Fsp3) is 0.292. The van der Waals surface area contributed by atoms with Crippen LogP contribution in [0.4, 0.5) is 0 Å². The van der Waals surface area contributed by atoms with Crippen LogP contribution in [-0.4, -0.2) is 29.5 Å². The Morgan fingerprint density at radius 2 is 1.67 bits per heavy atom. The fourth-order valence-electron chi connectivity index (χ4n) is 4.01. The van der Waals surface area contributed by atoms with Crippen molar-refractivity contribution >= 4 is 24.8 Å². The zero-order valence-electron chi connectivity index (χ0n) is 16.9. The molecule has 1 aromatic heterocycles. The molecule has 2 aromatic carbocycles. The van der Waals surface area contributed by atoms with Gasteiger partial charge in [0.15, 0.2) is 0 Å². The third-order valence-electron chi connectivity index (χ3n) is 5.50. The molecule has 2 atom stereocenters. The van der Waals surface area contributed by atoms with Crippen LogP contribution in [0.3, 0.4) is 0 Å². The summed E-state index contributed by atoms with van der Waals surface area (Å²) >= 11 is 0. The minimum absolute atomic E-state index is 0. The Bertz CT molecular complexity index is 863. The van der Waals surface area contributed by atoms with Crippen LogP contribution >= 0.6 is 24.8 Å². The minimum atomic E-state index is 0. The molecule has 1 aliphatic heterocycles. The molecule has 0 spiro atoms. The average molecular weight is 446 g/mol. The second kappa shape index (κ2) is 11.9. The molecule has 0 radical (unpaired) electrons. The standard InChI is InChI=1S/C24H27N3O.2ClH/c25-13-22-16-27(17-24(22)21-6-2-1-3-7-21)15-19-8-10-23(11-9-19)28-18-20-5-4-12-26-14-20;;/h1-12,14,22,24H,13,15-18,25H2;2*1H/t22-,24+;;/m1../s1. The quantitative estimate of drug-likeness (QED) is 0.573. The molecule has 160 valence electrons. The number of hydrogen-bond donors (Lipinski definition) is 1. The lowest BCUT2D eigenvalue weighted by molar-refractivity contribution is 0.304. The van der Waals surface area contributed by atoms with Crippen molar-refractivity contribution in [1.82, 2.24) is 9.88 Å². The molecule has 1 saturated heterocycles. The smallest absolute Gasteiger partial charge is 0.119 e. The van der Waals surface area contributed by atoms with Crippen LogP contribution in [0.15, 0.2) is 79.1 Å². The Morgan fingerprint density at radius 1 is 0.900 bits per heavy atom. The highest BCUT2D eigenvalue weighted by molar-refractivity contribution is 5.85. The van der Waals surface area contributed by atoms with Crippen molar-refractivity contribution in [3.05, 3.63) is 95.8 Å². The maximum atomic E-state index is 6.07. The molecule has 3 aromatic rings. The monoisotopic (exact) mass is 445 g/mol. The lowest BCUT2D eigenvalue weighted by Crippen LogP contribution is -2.23. The first-order chi connectivity index (χ1) is 13.8. The van der Waals surface area contributed by atoms with Gasteiger partial charge in [0, 0.05) is 43.5 Å². The number of nitrogens with two attached hydrogens (primary N) is 1. The summed E-state index contributed by atoms with van der Waals surface area (Å²) in [5.74, 6) is 1.92. The van der Waals surface area contributed by atoms with Crippen molar-refractivity contribution < 1.29 is 4.74 Å². The molecule has 0 bridgehead atoms. The van der Waals surface area contributed by atoms with Crippen molar-refractivity contribution in [3.63, 3.8) is 0 Å². The minimum Gasteiger partial charge on any atom is -0.489 e. The molecule has 2 N–H and O–H groups in total. The van der Waals surface area contributed by atoms with Crippen molar-refractivity contribution in [2.45, 2.75) is 19.1 Å². The second-order valence-electron chi connectivity index (χ2n) is 7.50. The normalized spacial score (nSPS) is 18.3. The fourth-order valence-corrected chi connectivity index (χ4v) is 4.01. The third-order valence-corrected chi connectivity index (χ3v) is 5.50. The van der Waals surface area contributed by atoms with E-state index >= 15 is 0 Å². The Kier molecular flexibility index (Phi) is 9.60. The Balaban J connectivity index is 0.00000160. The zero-order chi connectivity index (χ0) is 19.2. The number of benzene rings is 2. The van der Waals surface area contributed by atoms with Gasteiger partial charge >= 0.3 is 0 Å². The summed E-state index contributed by atoms with van der Waals surface area (Å²) in [5, 5.41) is 0. The molecular formula is C24H29Cl2N3O. The van der Waals surface area contributed by atoms with Crippen LogP contribution < -0.4 is 10.5 Å². The molecule has 1 fully saturated rings. The Labute approximate surface area is 191 Å². The SMILES string of the molecule is Cl.Cl.NC[C@@H]1CN(Cc2ccc(OCc3cccnc3)cc2)C[C@H]1c1ccccc1. The number of pyridine rings is 1. The topological polar surface area (TPSA) is 51.4 Å². The van der Waals surface area contributed by atoms with Gasteiger partial charge in [-0.25, -0.2) is 0 Å². The first kappa shape index (κ1) is 24.2. The average Bonchev–Trinajstić information content (AvgIpc) is 3.17. The highest BCUT2D eigenvalue weighted by Crippen LogP contribution is 2.32. The van der Waals surface area contributed by atoms with Gasteiger partial charge in [-0.1, -0.05) is 48.5 Å². The number of aromatic nitrogens is 1. The van der Waals surface area contributed by atoms with Crippen LogP contribution in [-0.2, 0) is 13.2 Å². The van der Waals surface area contributed by atoms with E-state index in [1.54, 1.807) is 6.20 Å². The first-order valence-electron chi connectivity index (χ1n) is 9.90. The van der Waals surface area contributed by atoms with Crippen LogP contribution in [0.1, 0.15) is 22.6 Å². The predicted octanol–water partition coefficient (Wildman–Crippen LogP) is 4.68. The summed E-state index contributed by atoms with van der Waals surface area (Å²) in [5.41, 5.74) is 9.85. The van der Waals surface area contributed by atoms with E-state index in [9.17, 15) is 0 Å². The van der Waals surface area contributed by atoms with Crippen LogP contribution in [0.5, 0.6) is 5.75 Å². The van der Waals surface area contributed by atoms with E-state index in [0.717, 1.165) is 37.5 Å². The molecule has 4 rings (SSSR count). The molecule has 6 heteroatoms. The van der Waals surface area contributed by atoms with Crippen LogP contribution in [0, 0.1) is 5.92 Å². The molecule has 30 heavy (non-hydrogen) atoms. The van der Waals surface area contributed by atoms with Gasteiger partial charge in [0.05, 0.1) is 0 Å². The van der Waals surface area contributed by atoms with E-state index in [0.29, 0.717) is 18.4 Å². The van der Waals surface area contributed by atoms with Crippen molar-refractivity contribution in [1.29, 1.82) is 0 Å². The maximum absolute atomic E-state index is 6.07. The Morgan fingerprint density at radius 3 is 2.33 bits per heavy atom. The van der Waals surface area contributed by atoms with Gasteiger partial charge in [-0.3, -0.25) is 9.88 Å². The van der Waals surface area contributed by atoms with Crippen molar-refractivity contribution in [2.75, 3.05) is 19.6 Å². The molecule has 0 aliphatic carbocycles.